The van der Waals surface area contributed by atoms with Crippen molar-refractivity contribution in [2.75, 3.05) is 7.11 Å². The highest BCUT2D eigenvalue weighted by molar-refractivity contribution is 7.91. The Bertz CT molecular complexity index is 70.5. The van der Waals surface area contributed by atoms with Crippen molar-refractivity contribution in [3.8, 4) is 0 Å². The van der Waals surface area contributed by atoms with Gasteiger partial charge in [0.1, 0.15) is 0 Å². The summed E-state index contributed by atoms with van der Waals surface area (Å²) in [5.41, 5.74) is 0. The van der Waals surface area contributed by atoms with E-state index in [2.05, 4.69) is 20.8 Å². The maximum atomic E-state index is 5.56. The van der Waals surface area contributed by atoms with Crippen LogP contribution in [-0.2, 0) is 15.5 Å². The topological polar surface area (TPSA) is 35.2 Å². The first-order valence-corrected chi connectivity index (χ1v) is 4.73. The van der Waals surface area contributed by atoms with Crippen LogP contribution in [0.2, 0.25) is 0 Å². The highest BCUT2D eigenvalue weighted by atomic mass is 32.2. The molecule has 64 valence electrons. The molecule has 1 atom stereocenters. The van der Waals surface area contributed by atoms with E-state index >= 15 is 0 Å². The molecule has 0 bridgehead atoms. The molecule has 10 heavy (non-hydrogen) atoms. The molecule has 0 aliphatic carbocycles. The van der Waals surface area contributed by atoms with Crippen LogP contribution in [0.5, 0.6) is 0 Å². The third-order valence-corrected chi connectivity index (χ3v) is 2.35. The average Bonchev–Trinajstić information content (AvgIpc) is 1.89. The maximum absolute atomic E-state index is 5.56. The molecule has 0 aromatic rings. The normalized spacial score (nSPS) is 13.5. The van der Waals surface area contributed by atoms with E-state index in [1.54, 1.807) is 7.11 Å². The minimum absolute atomic E-state index is 0.0920. The summed E-state index contributed by atoms with van der Waals surface area (Å²) in [6.45, 7) is 10.2. The highest BCUT2D eigenvalue weighted by Crippen LogP contribution is 2.12. The molecule has 2 nitrogen and oxygen atoms in total. The fourth-order valence-corrected chi connectivity index (χ4v) is 0.750. The Balaban J connectivity index is 0. The molecule has 0 radical (unpaired) electrons. The lowest BCUT2D eigenvalue weighted by molar-refractivity contribution is 0.455. The number of hydrogen-bond acceptors (Lipinski definition) is 2. The lowest BCUT2D eigenvalue weighted by atomic mass is 10.3. The Morgan fingerprint density at radius 2 is 1.50 bits per heavy atom. The zero-order valence-corrected chi connectivity index (χ0v) is 8.71. The first-order valence-electron chi connectivity index (χ1n) is 3.51. The van der Waals surface area contributed by atoms with Gasteiger partial charge in [0.2, 0.25) is 11.4 Å². The van der Waals surface area contributed by atoms with Crippen LogP contribution < -0.4 is 5.14 Å². The summed E-state index contributed by atoms with van der Waals surface area (Å²) in [6, 6.07) is 0. The Morgan fingerprint density at radius 1 is 1.20 bits per heavy atom. The number of rotatable bonds is 1. The van der Waals surface area contributed by atoms with Crippen LogP contribution in [0.1, 0.15) is 34.6 Å². The van der Waals surface area contributed by atoms with Gasteiger partial charge in [-0.2, -0.15) is 4.18 Å². The summed E-state index contributed by atoms with van der Waals surface area (Å²) in [5.74, 6) is 0. The SMILES string of the molecule is CC.CO[S+](N)C(C)(C)C. The van der Waals surface area contributed by atoms with Gasteiger partial charge in [-0.05, 0) is 20.8 Å². The van der Waals surface area contributed by atoms with Gasteiger partial charge in [-0.3, -0.25) is 0 Å². The second-order valence-corrected chi connectivity index (χ2v) is 4.73. The molecule has 0 amide bonds. The van der Waals surface area contributed by atoms with E-state index in [1.165, 1.54) is 0 Å². The van der Waals surface area contributed by atoms with Crippen molar-refractivity contribution in [2.24, 2.45) is 5.14 Å². The van der Waals surface area contributed by atoms with E-state index in [0.717, 1.165) is 0 Å². The van der Waals surface area contributed by atoms with E-state index in [1.807, 2.05) is 13.8 Å². The molecular weight excluding hydrogens is 146 g/mol. The van der Waals surface area contributed by atoms with E-state index in [0.29, 0.717) is 0 Å². The lowest BCUT2D eigenvalue weighted by Crippen LogP contribution is -2.35. The summed E-state index contributed by atoms with van der Waals surface area (Å²) in [4.78, 5) is 0. The molecule has 3 heteroatoms. The van der Waals surface area contributed by atoms with Crippen molar-refractivity contribution in [3.63, 3.8) is 0 Å². The van der Waals surface area contributed by atoms with Crippen LogP contribution in [-0.4, -0.2) is 11.9 Å². The third-order valence-electron chi connectivity index (χ3n) is 0.783. The molecular formula is C7H20NOS+. The maximum Gasteiger partial charge on any atom is 0.239 e. The fraction of sp³-hybridized carbons (Fsp3) is 1.00. The molecule has 0 aromatic carbocycles. The van der Waals surface area contributed by atoms with Gasteiger partial charge >= 0.3 is 0 Å². The molecule has 0 saturated carbocycles. The molecule has 1 unspecified atom stereocenters. The second kappa shape index (κ2) is 6.01. The summed E-state index contributed by atoms with van der Waals surface area (Å²) >= 11 is -0.394. The average molecular weight is 166 g/mol. The van der Waals surface area contributed by atoms with Crippen molar-refractivity contribution in [1.82, 2.24) is 0 Å². The first kappa shape index (κ1) is 12.9. The van der Waals surface area contributed by atoms with E-state index in [-0.39, 0.29) is 4.75 Å². The number of hydrogen-bond donors (Lipinski definition) is 1. The molecule has 0 spiro atoms. The minimum Gasteiger partial charge on any atom is -0.155 e. The zero-order valence-electron chi connectivity index (χ0n) is 7.89. The van der Waals surface area contributed by atoms with Crippen LogP contribution in [0.3, 0.4) is 0 Å². The minimum atomic E-state index is -0.394. The van der Waals surface area contributed by atoms with Gasteiger partial charge < -0.3 is 0 Å². The summed E-state index contributed by atoms with van der Waals surface area (Å²) in [6.07, 6.45) is 0. The molecule has 0 aliphatic heterocycles. The van der Waals surface area contributed by atoms with Crippen LogP contribution >= 0.6 is 0 Å². The van der Waals surface area contributed by atoms with Gasteiger partial charge in [-0.1, -0.05) is 13.8 Å². The molecule has 0 fully saturated rings. The monoisotopic (exact) mass is 166 g/mol. The fourth-order valence-electron chi connectivity index (χ4n) is 0.250. The van der Waals surface area contributed by atoms with Crippen molar-refractivity contribution >= 4 is 11.4 Å². The summed E-state index contributed by atoms with van der Waals surface area (Å²) in [5, 5.41) is 5.56. The Labute approximate surface area is 67.8 Å². The van der Waals surface area contributed by atoms with Gasteiger partial charge in [0.25, 0.3) is 0 Å². The molecule has 0 rings (SSSR count). The summed E-state index contributed by atoms with van der Waals surface area (Å²) in [7, 11) is 1.63. The molecule has 2 N–H and O–H groups in total. The Hall–Kier alpha value is 0.270. The second-order valence-electron chi connectivity index (χ2n) is 2.58. The van der Waals surface area contributed by atoms with Gasteiger partial charge in [-0.25, -0.2) is 0 Å². The Morgan fingerprint density at radius 3 is 1.50 bits per heavy atom. The number of nitrogens with two attached hydrogens (primary N) is 1. The van der Waals surface area contributed by atoms with Crippen molar-refractivity contribution in [1.29, 1.82) is 0 Å². The van der Waals surface area contributed by atoms with E-state index < -0.39 is 11.4 Å². The molecule has 0 aromatic heterocycles. The molecule has 0 heterocycles. The van der Waals surface area contributed by atoms with Crippen LogP contribution in [0.15, 0.2) is 0 Å². The van der Waals surface area contributed by atoms with Crippen LogP contribution in [0.25, 0.3) is 0 Å². The largest absolute Gasteiger partial charge is 0.239 e. The highest BCUT2D eigenvalue weighted by Gasteiger charge is 2.32. The molecule has 0 saturated heterocycles. The summed E-state index contributed by atoms with van der Waals surface area (Å²) < 4.78 is 5.01. The van der Waals surface area contributed by atoms with Crippen molar-refractivity contribution in [3.05, 3.63) is 0 Å². The smallest absolute Gasteiger partial charge is 0.155 e. The van der Waals surface area contributed by atoms with Crippen LogP contribution in [0.4, 0.5) is 0 Å². The molecule has 0 aliphatic rings. The van der Waals surface area contributed by atoms with Crippen molar-refractivity contribution < 1.29 is 4.18 Å². The van der Waals surface area contributed by atoms with Gasteiger partial charge in [-0.15, -0.1) is 5.14 Å². The quantitative estimate of drug-likeness (QED) is 0.603. The van der Waals surface area contributed by atoms with Crippen LogP contribution in [0, 0.1) is 0 Å². The predicted octanol–water partition coefficient (Wildman–Crippen LogP) is 1.86. The zero-order chi connectivity index (χ0) is 8.78. The van der Waals surface area contributed by atoms with Crippen molar-refractivity contribution in [2.45, 2.75) is 39.4 Å². The van der Waals surface area contributed by atoms with E-state index in [9.17, 15) is 0 Å². The lowest BCUT2D eigenvalue weighted by Gasteiger charge is -2.11. The van der Waals surface area contributed by atoms with Gasteiger partial charge in [0, 0.05) is 0 Å². The third kappa shape index (κ3) is 6.39. The Kier molecular flexibility index (Phi) is 7.76. The van der Waals surface area contributed by atoms with E-state index in [4.69, 9.17) is 9.32 Å². The standard InChI is InChI=1S/C5H14NOS.C2H6/c1-5(2,3)8(6)7-4;1-2/h6H2,1-4H3;1-2H3/q+1;. The first-order chi connectivity index (χ1) is 4.48. The van der Waals surface area contributed by atoms with Gasteiger partial charge in [0.15, 0.2) is 4.75 Å². The predicted molar refractivity (Wildman–Crippen MR) is 49.7 cm³/mol. The van der Waals surface area contributed by atoms with Gasteiger partial charge in [0.05, 0.1) is 7.11 Å².